The molecule has 0 aliphatic carbocycles. The second-order valence-electron chi connectivity index (χ2n) is 7.14. The number of ether oxygens (including phenoxy) is 2. The van der Waals surface area contributed by atoms with E-state index >= 15 is 0 Å². The fraction of sp³-hybridized carbons (Fsp3) is 0.0833. The van der Waals surface area contributed by atoms with Crippen LogP contribution in [0, 0.1) is 6.92 Å². The van der Waals surface area contributed by atoms with Gasteiger partial charge in [-0.15, -0.1) is 0 Å². The van der Waals surface area contributed by atoms with Gasteiger partial charge in [0.15, 0.2) is 0 Å². The van der Waals surface area contributed by atoms with Crippen molar-refractivity contribution in [3.05, 3.63) is 66.2 Å². The summed E-state index contributed by atoms with van der Waals surface area (Å²) in [5.74, 6) is 3.57. The average molecular weight is 351 g/mol. The molecule has 0 atom stereocenters. The Labute approximate surface area is 157 Å². The Morgan fingerprint density at radius 2 is 1.15 bits per heavy atom. The second-order valence-corrected chi connectivity index (χ2v) is 7.14. The van der Waals surface area contributed by atoms with E-state index in [1.807, 2.05) is 13.1 Å². The minimum atomic E-state index is 0.880. The first-order valence-corrected chi connectivity index (χ1v) is 9.11. The zero-order valence-electron chi connectivity index (χ0n) is 15.1. The molecule has 2 aliphatic rings. The van der Waals surface area contributed by atoms with Crippen molar-refractivity contribution < 1.29 is 9.47 Å². The Bertz CT molecular complexity index is 1270. The Balaban J connectivity index is 1.69. The molecule has 0 saturated carbocycles. The number of rotatable bonds is 1. The van der Waals surface area contributed by atoms with E-state index < -0.39 is 0 Å². The fourth-order valence-corrected chi connectivity index (χ4v) is 4.21. The minimum Gasteiger partial charge on any atom is -0.456 e. The third-order valence-electron chi connectivity index (χ3n) is 5.51. The highest BCUT2D eigenvalue weighted by molar-refractivity contribution is 6.14. The summed E-state index contributed by atoms with van der Waals surface area (Å²) in [5, 5.41) is 5.43. The lowest BCUT2D eigenvalue weighted by Gasteiger charge is -2.27. The predicted octanol–water partition coefficient (Wildman–Crippen LogP) is 6.74. The molecule has 4 aromatic carbocycles. The monoisotopic (exact) mass is 351 g/mol. The molecule has 1 N–H and O–H groups in total. The highest BCUT2D eigenvalue weighted by Gasteiger charge is 2.27. The van der Waals surface area contributed by atoms with E-state index in [9.17, 15) is 0 Å². The number of hydrogen-bond acceptors (Lipinski definition) is 3. The fourth-order valence-electron chi connectivity index (χ4n) is 4.21. The number of benzene rings is 4. The summed E-state index contributed by atoms with van der Waals surface area (Å²) in [6, 6.07) is 21.1. The van der Waals surface area contributed by atoms with Crippen molar-refractivity contribution >= 4 is 16.5 Å². The van der Waals surface area contributed by atoms with Gasteiger partial charge in [-0.3, -0.25) is 0 Å². The number of fused-ring (bicyclic) bond motifs is 4. The van der Waals surface area contributed by atoms with Crippen LogP contribution in [0.5, 0.6) is 23.0 Å². The van der Waals surface area contributed by atoms with Crippen LogP contribution in [-0.4, -0.2) is 7.05 Å². The van der Waals surface area contributed by atoms with Gasteiger partial charge in [-0.25, -0.2) is 0 Å². The summed E-state index contributed by atoms with van der Waals surface area (Å²) in [6.07, 6.45) is 0. The zero-order chi connectivity index (χ0) is 18.1. The molecule has 4 aromatic rings. The molecule has 0 spiro atoms. The first-order valence-electron chi connectivity index (χ1n) is 9.11. The number of aryl methyl sites for hydroxylation is 1. The Morgan fingerprint density at radius 3 is 1.78 bits per heavy atom. The van der Waals surface area contributed by atoms with Gasteiger partial charge in [-0.2, -0.15) is 0 Å². The van der Waals surface area contributed by atoms with E-state index in [-0.39, 0.29) is 0 Å². The molecule has 0 radical (unpaired) electrons. The van der Waals surface area contributed by atoms with E-state index in [0.717, 1.165) is 50.6 Å². The van der Waals surface area contributed by atoms with Crippen molar-refractivity contribution in [2.75, 3.05) is 12.4 Å². The van der Waals surface area contributed by atoms with E-state index in [2.05, 4.69) is 66.8 Å². The van der Waals surface area contributed by atoms with Crippen LogP contribution in [-0.2, 0) is 0 Å². The summed E-state index contributed by atoms with van der Waals surface area (Å²) < 4.78 is 12.5. The quantitative estimate of drug-likeness (QED) is 0.356. The third kappa shape index (κ3) is 1.91. The normalized spacial score (nSPS) is 12.7. The molecule has 3 heteroatoms. The largest absolute Gasteiger partial charge is 0.456 e. The predicted molar refractivity (Wildman–Crippen MR) is 109 cm³/mol. The molecule has 0 unspecified atom stereocenters. The van der Waals surface area contributed by atoms with Gasteiger partial charge >= 0.3 is 0 Å². The van der Waals surface area contributed by atoms with Crippen LogP contribution in [0.2, 0.25) is 0 Å². The van der Waals surface area contributed by atoms with Crippen molar-refractivity contribution in [2.24, 2.45) is 0 Å². The molecular formula is C24H17NO2. The van der Waals surface area contributed by atoms with Gasteiger partial charge in [0.25, 0.3) is 0 Å². The molecule has 2 heterocycles. The Hall–Kier alpha value is -3.46. The lowest BCUT2D eigenvalue weighted by atomic mass is 9.88. The molecular weight excluding hydrogens is 334 g/mol. The lowest BCUT2D eigenvalue weighted by molar-refractivity contribution is 0.480. The maximum atomic E-state index is 6.28. The van der Waals surface area contributed by atoms with Crippen LogP contribution in [0.15, 0.2) is 60.7 Å². The molecule has 6 rings (SSSR count). The number of hydrogen-bond donors (Lipinski definition) is 1. The molecule has 3 nitrogen and oxygen atoms in total. The van der Waals surface area contributed by atoms with Crippen LogP contribution in [0.3, 0.4) is 0 Å². The topological polar surface area (TPSA) is 30.5 Å². The van der Waals surface area contributed by atoms with Gasteiger partial charge < -0.3 is 14.8 Å². The van der Waals surface area contributed by atoms with Crippen molar-refractivity contribution in [1.29, 1.82) is 0 Å². The van der Waals surface area contributed by atoms with Gasteiger partial charge in [0.05, 0.1) is 0 Å². The van der Waals surface area contributed by atoms with E-state index in [0.29, 0.717) is 0 Å². The van der Waals surface area contributed by atoms with Crippen LogP contribution in [0.4, 0.5) is 5.69 Å². The Morgan fingerprint density at radius 1 is 0.593 bits per heavy atom. The van der Waals surface area contributed by atoms with Gasteiger partial charge in [-0.05, 0) is 66.1 Å². The highest BCUT2D eigenvalue weighted by atomic mass is 16.5. The van der Waals surface area contributed by atoms with Crippen LogP contribution in [0.1, 0.15) is 5.56 Å². The van der Waals surface area contributed by atoms with Gasteiger partial charge in [-0.1, -0.05) is 12.1 Å². The van der Waals surface area contributed by atoms with Crippen molar-refractivity contribution in [3.8, 4) is 45.3 Å². The molecule has 0 saturated heterocycles. The molecule has 0 aromatic heterocycles. The molecule has 130 valence electrons. The van der Waals surface area contributed by atoms with E-state index in [1.54, 1.807) is 0 Å². The number of nitrogens with one attached hydrogen (secondary N) is 1. The highest BCUT2D eigenvalue weighted by Crippen LogP contribution is 2.55. The van der Waals surface area contributed by atoms with Crippen LogP contribution < -0.4 is 14.8 Å². The second kappa shape index (κ2) is 5.04. The zero-order valence-corrected chi connectivity index (χ0v) is 15.1. The first kappa shape index (κ1) is 14.7. The Kier molecular flexibility index (Phi) is 2.74. The SMILES string of the molecule is CNc1ccc2c(c1)Oc1ccc3c4c(ccc-2c14)Oc1cc(C)ccc1-3. The summed E-state index contributed by atoms with van der Waals surface area (Å²) in [7, 11) is 1.92. The van der Waals surface area contributed by atoms with E-state index in [1.165, 1.54) is 16.7 Å². The van der Waals surface area contributed by atoms with Gasteiger partial charge in [0.1, 0.15) is 23.0 Å². The number of anilines is 1. The minimum absolute atomic E-state index is 0.880. The molecule has 0 amide bonds. The first-order chi connectivity index (χ1) is 13.2. The summed E-state index contributed by atoms with van der Waals surface area (Å²) in [5.41, 5.74) is 6.86. The van der Waals surface area contributed by atoms with Crippen molar-refractivity contribution in [1.82, 2.24) is 0 Å². The van der Waals surface area contributed by atoms with Gasteiger partial charge in [0, 0.05) is 40.7 Å². The van der Waals surface area contributed by atoms with Crippen LogP contribution >= 0.6 is 0 Å². The van der Waals surface area contributed by atoms with Gasteiger partial charge in [0.2, 0.25) is 0 Å². The third-order valence-corrected chi connectivity index (χ3v) is 5.51. The molecule has 27 heavy (non-hydrogen) atoms. The molecule has 2 aliphatic heterocycles. The smallest absolute Gasteiger partial charge is 0.137 e. The summed E-state index contributed by atoms with van der Waals surface area (Å²) in [6.45, 7) is 2.09. The lowest BCUT2D eigenvalue weighted by Crippen LogP contribution is -2.03. The summed E-state index contributed by atoms with van der Waals surface area (Å²) >= 11 is 0. The summed E-state index contributed by atoms with van der Waals surface area (Å²) in [4.78, 5) is 0. The molecule has 0 bridgehead atoms. The maximum absolute atomic E-state index is 6.28. The van der Waals surface area contributed by atoms with E-state index in [4.69, 9.17) is 9.47 Å². The standard InChI is InChI=1S/C24H17NO2/c1-13-3-5-15-17-7-10-20-24-18(8-9-19(23(17)24)26-21(15)11-13)16-6-4-14(25-2)12-22(16)27-20/h3-12,25H,1-2H3. The van der Waals surface area contributed by atoms with Crippen molar-refractivity contribution in [2.45, 2.75) is 6.92 Å². The molecule has 0 fully saturated rings. The maximum Gasteiger partial charge on any atom is 0.137 e. The van der Waals surface area contributed by atoms with Crippen LogP contribution in [0.25, 0.3) is 33.0 Å². The van der Waals surface area contributed by atoms with Crippen molar-refractivity contribution in [3.63, 3.8) is 0 Å². The average Bonchev–Trinajstić information content (AvgIpc) is 2.70.